The third-order valence-electron chi connectivity index (χ3n) is 5.95. The fourth-order valence-corrected chi connectivity index (χ4v) is 4.45. The summed E-state index contributed by atoms with van der Waals surface area (Å²) >= 11 is 6.41. The maximum atomic E-state index is 13.3. The number of hydrogen-bond acceptors (Lipinski definition) is 7. The van der Waals surface area contributed by atoms with Crippen LogP contribution in [0.25, 0.3) is 16.9 Å². The molecule has 174 valence electrons. The van der Waals surface area contributed by atoms with Crippen LogP contribution in [0.3, 0.4) is 0 Å². The lowest BCUT2D eigenvalue weighted by Crippen LogP contribution is -2.49. The average molecular weight is 477 g/mol. The van der Waals surface area contributed by atoms with E-state index in [1.54, 1.807) is 40.3 Å². The number of nitrogens with one attached hydrogen (secondary N) is 1. The number of fused-ring (bicyclic) bond motifs is 1. The Balaban J connectivity index is 1.31. The molecule has 0 aromatic carbocycles. The van der Waals surface area contributed by atoms with Gasteiger partial charge in [0, 0.05) is 31.1 Å². The molecule has 0 radical (unpaired) electrons. The molecule has 1 saturated heterocycles. The highest BCUT2D eigenvalue weighted by atomic mass is 35.5. The van der Waals surface area contributed by atoms with E-state index < -0.39 is 0 Å². The van der Waals surface area contributed by atoms with Gasteiger partial charge in [-0.2, -0.15) is 4.68 Å². The predicted octanol–water partition coefficient (Wildman–Crippen LogP) is 3.29. The quantitative estimate of drug-likeness (QED) is 0.455. The van der Waals surface area contributed by atoms with Crippen molar-refractivity contribution in [3.63, 3.8) is 0 Å². The lowest BCUT2D eigenvalue weighted by molar-refractivity contribution is -0.119. The molecule has 10 heteroatoms. The molecule has 0 aliphatic carbocycles. The van der Waals surface area contributed by atoms with Crippen molar-refractivity contribution in [2.45, 2.75) is 38.6 Å². The molecule has 4 aromatic rings. The van der Waals surface area contributed by atoms with Crippen molar-refractivity contribution in [1.82, 2.24) is 35.3 Å². The second-order valence-electron chi connectivity index (χ2n) is 8.44. The van der Waals surface area contributed by atoms with Gasteiger partial charge >= 0.3 is 0 Å². The maximum Gasteiger partial charge on any atom is 0.228 e. The first kappa shape index (κ1) is 22.4. The summed E-state index contributed by atoms with van der Waals surface area (Å²) < 4.78 is 1.66. The number of piperidine rings is 1. The molecule has 1 atom stereocenters. The van der Waals surface area contributed by atoms with E-state index in [2.05, 4.69) is 30.6 Å². The fourth-order valence-electron chi connectivity index (χ4n) is 4.24. The molecule has 1 aliphatic heterocycles. The smallest absolute Gasteiger partial charge is 0.228 e. The molecule has 5 heterocycles. The first-order valence-electron chi connectivity index (χ1n) is 11.4. The van der Waals surface area contributed by atoms with Crippen molar-refractivity contribution in [2.75, 3.05) is 18.0 Å². The average Bonchev–Trinajstić information content (AvgIpc) is 3.28. The number of hydrogen-bond donors (Lipinski definition) is 1. The highest BCUT2D eigenvalue weighted by Crippen LogP contribution is 2.27. The number of carbonyl (C=O) groups excluding carboxylic acids is 1. The van der Waals surface area contributed by atoms with Gasteiger partial charge in [0.2, 0.25) is 5.91 Å². The van der Waals surface area contributed by atoms with Gasteiger partial charge in [0.05, 0.1) is 22.9 Å². The van der Waals surface area contributed by atoms with E-state index in [0.29, 0.717) is 29.3 Å². The van der Waals surface area contributed by atoms with Gasteiger partial charge in [-0.25, -0.2) is 9.97 Å². The lowest BCUT2D eigenvalue weighted by atomic mass is 10.0. The summed E-state index contributed by atoms with van der Waals surface area (Å²) in [6.45, 7) is 3.66. The van der Waals surface area contributed by atoms with E-state index >= 15 is 0 Å². The van der Waals surface area contributed by atoms with Crippen molar-refractivity contribution >= 4 is 34.5 Å². The zero-order valence-electron chi connectivity index (χ0n) is 18.9. The van der Waals surface area contributed by atoms with Crippen LogP contribution in [0, 0.1) is 6.92 Å². The summed E-state index contributed by atoms with van der Waals surface area (Å²) in [7, 11) is 0. The summed E-state index contributed by atoms with van der Waals surface area (Å²) in [5.74, 6) is 0.508. The highest BCUT2D eigenvalue weighted by Gasteiger charge is 2.29. The number of aryl methyl sites for hydroxylation is 2. The van der Waals surface area contributed by atoms with Gasteiger partial charge in [-0.1, -0.05) is 16.8 Å². The lowest BCUT2D eigenvalue weighted by Gasteiger charge is -2.34. The molecule has 0 bridgehead atoms. The molecule has 5 rings (SSSR count). The monoisotopic (exact) mass is 476 g/mol. The molecule has 1 N–H and O–H groups in total. The molecular formula is C24H25ClN8O. The van der Waals surface area contributed by atoms with Crippen molar-refractivity contribution in [3.05, 3.63) is 65.2 Å². The zero-order chi connectivity index (χ0) is 23.5. The summed E-state index contributed by atoms with van der Waals surface area (Å²) in [6.07, 6.45) is 7.93. The highest BCUT2D eigenvalue weighted by molar-refractivity contribution is 6.33. The van der Waals surface area contributed by atoms with Gasteiger partial charge < -0.3 is 5.32 Å². The van der Waals surface area contributed by atoms with E-state index in [1.807, 2.05) is 25.1 Å². The molecule has 1 amide bonds. The van der Waals surface area contributed by atoms with Gasteiger partial charge in [-0.15, -0.1) is 5.10 Å². The number of aromatic nitrogens is 6. The van der Waals surface area contributed by atoms with Crippen LogP contribution in [-0.4, -0.2) is 55.0 Å². The molecule has 34 heavy (non-hydrogen) atoms. The van der Waals surface area contributed by atoms with Crippen LogP contribution in [0.1, 0.15) is 30.5 Å². The van der Waals surface area contributed by atoms with Gasteiger partial charge in [-0.05, 0) is 68.6 Å². The van der Waals surface area contributed by atoms with Gasteiger partial charge in [-0.3, -0.25) is 14.7 Å². The number of halogens is 1. The Morgan fingerprint density at radius 1 is 1.24 bits per heavy atom. The van der Waals surface area contributed by atoms with Gasteiger partial charge in [0.25, 0.3) is 0 Å². The van der Waals surface area contributed by atoms with E-state index in [4.69, 9.17) is 11.6 Å². The molecule has 0 spiro atoms. The number of pyridine rings is 3. The number of amides is 1. The Morgan fingerprint density at radius 3 is 2.91 bits per heavy atom. The zero-order valence-corrected chi connectivity index (χ0v) is 19.6. The predicted molar refractivity (Wildman–Crippen MR) is 130 cm³/mol. The van der Waals surface area contributed by atoms with Crippen LogP contribution in [0.4, 0.5) is 5.82 Å². The topological polar surface area (TPSA) is 102 Å². The minimum Gasteiger partial charge on any atom is -0.315 e. The minimum absolute atomic E-state index is 0.0120. The minimum atomic E-state index is -0.0120. The Hall–Kier alpha value is -3.43. The van der Waals surface area contributed by atoms with Crippen LogP contribution in [0.2, 0.25) is 5.02 Å². The first-order chi connectivity index (χ1) is 16.6. The van der Waals surface area contributed by atoms with Crippen molar-refractivity contribution in [3.8, 4) is 5.69 Å². The molecule has 1 fully saturated rings. The summed E-state index contributed by atoms with van der Waals surface area (Å²) in [6, 6.07) is 9.34. The second-order valence-corrected chi connectivity index (χ2v) is 8.84. The van der Waals surface area contributed by atoms with Crippen LogP contribution >= 0.6 is 11.6 Å². The van der Waals surface area contributed by atoms with Crippen molar-refractivity contribution in [1.29, 1.82) is 0 Å². The van der Waals surface area contributed by atoms with E-state index in [9.17, 15) is 4.79 Å². The number of rotatable bonds is 6. The molecule has 0 unspecified atom stereocenters. The van der Waals surface area contributed by atoms with Crippen LogP contribution < -0.4 is 10.2 Å². The molecule has 9 nitrogen and oxygen atoms in total. The molecular weight excluding hydrogens is 452 g/mol. The third kappa shape index (κ3) is 4.62. The normalized spacial score (nSPS) is 16.0. The van der Waals surface area contributed by atoms with E-state index in [0.717, 1.165) is 48.4 Å². The van der Waals surface area contributed by atoms with Crippen LogP contribution in [-0.2, 0) is 11.2 Å². The standard InChI is InChI=1S/C24H25ClN8O/c1-16-12-21-24(29-13-16)33(31-30-21)19-8-6-17(28-15-19)7-9-22(34)32(18-4-2-10-26-14-18)23-20(25)5-3-11-27-23/h3,5-6,8,11-13,15,18,26H,2,4,7,9-10,14H2,1H3/t18-/m1/s1. The largest absolute Gasteiger partial charge is 0.315 e. The Kier molecular flexibility index (Phi) is 6.46. The molecule has 0 saturated carbocycles. The Labute approximate surface area is 202 Å². The molecule has 1 aliphatic rings. The summed E-state index contributed by atoms with van der Waals surface area (Å²) in [5.41, 5.74) is 4.03. The van der Waals surface area contributed by atoms with Crippen molar-refractivity contribution < 1.29 is 4.79 Å². The van der Waals surface area contributed by atoms with Gasteiger partial charge in [0.15, 0.2) is 11.5 Å². The van der Waals surface area contributed by atoms with E-state index in [1.165, 1.54) is 0 Å². The van der Waals surface area contributed by atoms with Gasteiger partial charge in [0.1, 0.15) is 5.52 Å². The van der Waals surface area contributed by atoms with Crippen LogP contribution in [0.5, 0.6) is 0 Å². The van der Waals surface area contributed by atoms with Crippen molar-refractivity contribution in [2.24, 2.45) is 0 Å². The fraction of sp³-hybridized carbons (Fsp3) is 0.333. The van der Waals surface area contributed by atoms with E-state index in [-0.39, 0.29) is 11.9 Å². The SMILES string of the molecule is Cc1cnc2c(c1)nnn2-c1ccc(CCC(=O)N(c2ncccc2Cl)[C@@H]2CCCNC2)nc1. The number of carbonyl (C=O) groups is 1. The Bertz CT molecular complexity index is 1300. The third-order valence-corrected chi connectivity index (χ3v) is 6.24. The first-order valence-corrected chi connectivity index (χ1v) is 11.7. The number of anilines is 1. The summed E-state index contributed by atoms with van der Waals surface area (Å²) in [5, 5.41) is 12.2. The second kappa shape index (κ2) is 9.82. The Morgan fingerprint density at radius 2 is 2.15 bits per heavy atom. The maximum absolute atomic E-state index is 13.3. The number of nitrogens with zero attached hydrogens (tertiary/aromatic N) is 7. The van der Waals surface area contributed by atoms with Crippen LogP contribution in [0.15, 0.2) is 48.9 Å². The summed E-state index contributed by atoms with van der Waals surface area (Å²) in [4.78, 5) is 28.5. The molecule has 4 aromatic heterocycles.